The molecule has 0 heterocycles. The van der Waals surface area contributed by atoms with Gasteiger partial charge in [0.1, 0.15) is 0 Å². The molecular formula is C19H25NO3. The molecule has 23 heavy (non-hydrogen) atoms. The monoisotopic (exact) mass is 315 g/mol. The van der Waals surface area contributed by atoms with Gasteiger partial charge in [-0.25, -0.2) is 4.79 Å². The normalized spacial score (nSPS) is 12.3. The van der Waals surface area contributed by atoms with Crippen LogP contribution in [-0.4, -0.2) is 18.4 Å². The molecule has 0 fully saturated rings. The van der Waals surface area contributed by atoms with Crippen molar-refractivity contribution in [2.24, 2.45) is 5.41 Å². The van der Waals surface area contributed by atoms with Crippen LogP contribution in [0.2, 0.25) is 0 Å². The Morgan fingerprint density at radius 3 is 2.48 bits per heavy atom. The number of hydrogen-bond acceptors (Lipinski definition) is 4. The number of Topliss-reactive ketones (excluding diaryl/α,β-unsaturated/α-hetero) is 1. The number of aryl methyl sites for hydroxylation is 2. The third kappa shape index (κ3) is 4.92. The summed E-state index contributed by atoms with van der Waals surface area (Å²) >= 11 is 0. The van der Waals surface area contributed by atoms with E-state index in [4.69, 9.17) is 4.74 Å². The van der Waals surface area contributed by atoms with Gasteiger partial charge in [0, 0.05) is 5.41 Å². The molecule has 0 aliphatic carbocycles. The lowest BCUT2D eigenvalue weighted by Gasteiger charge is -2.23. The molecule has 1 aromatic carbocycles. The smallest absolute Gasteiger partial charge is 0.375 e. The van der Waals surface area contributed by atoms with Crippen LogP contribution in [0.15, 0.2) is 18.2 Å². The highest BCUT2D eigenvalue weighted by molar-refractivity contribution is 6.35. The van der Waals surface area contributed by atoms with Gasteiger partial charge in [0.05, 0.1) is 18.6 Å². The summed E-state index contributed by atoms with van der Waals surface area (Å²) in [5.41, 5.74) is 2.38. The van der Waals surface area contributed by atoms with Crippen LogP contribution in [0.1, 0.15) is 56.2 Å². The number of rotatable bonds is 7. The zero-order valence-electron chi connectivity index (χ0n) is 14.6. The van der Waals surface area contributed by atoms with E-state index in [-0.39, 0.29) is 12.5 Å². The lowest BCUT2D eigenvalue weighted by Crippen LogP contribution is -2.33. The van der Waals surface area contributed by atoms with E-state index in [1.807, 2.05) is 26.0 Å². The second-order valence-corrected chi connectivity index (χ2v) is 6.51. The van der Waals surface area contributed by atoms with Gasteiger partial charge in [0.15, 0.2) is 0 Å². The fourth-order valence-corrected chi connectivity index (χ4v) is 2.60. The van der Waals surface area contributed by atoms with Crippen LogP contribution in [-0.2, 0) is 14.3 Å². The highest BCUT2D eigenvalue weighted by Gasteiger charge is 2.34. The molecule has 0 N–H and O–H groups in total. The van der Waals surface area contributed by atoms with E-state index in [0.717, 1.165) is 16.7 Å². The summed E-state index contributed by atoms with van der Waals surface area (Å²) in [5, 5.41) is 9.48. The minimum absolute atomic E-state index is 0.185. The maximum absolute atomic E-state index is 12.1. The van der Waals surface area contributed by atoms with Gasteiger partial charge in [-0.2, -0.15) is 5.26 Å². The first-order valence-electron chi connectivity index (χ1n) is 7.91. The van der Waals surface area contributed by atoms with Crippen molar-refractivity contribution in [3.63, 3.8) is 0 Å². The summed E-state index contributed by atoms with van der Waals surface area (Å²) in [5.74, 6) is -1.61. The first kappa shape index (κ1) is 18.9. The summed E-state index contributed by atoms with van der Waals surface area (Å²) in [4.78, 5) is 23.8. The second-order valence-electron chi connectivity index (χ2n) is 6.51. The first-order valence-corrected chi connectivity index (χ1v) is 7.91. The van der Waals surface area contributed by atoms with Crippen molar-refractivity contribution in [2.75, 3.05) is 6.61 Å². The zero-order chi connectivity index (χ0) is 17.6. The Bertz CT molecular complexity index is 626. The highest BCUT2D eigenvalue weighted by Crippen LogP contribution is 2.31. The molecule has 0 aliphatic heterocycles. The molecule has 0 amide bonds. The average Bonchev–Trinajstić information content (AvgIpc) is 2.48. The molecule has 124 valence electrons. The Hall–Kier alpha value is -2.15. The van der Waals surface area contributed by atoms with Gasteiger partial charge in [0.2, 0.25) is 5.78 Å². The molecule has 1 atom stereocenters. The molecule has 0 aliphatic rings. The Labute approximate surface area is 138 Å². The summed E-state index contributed by atoms with van der Waals surface area (Å²) in [6.07, 6.45) is 0.981. The molecule has 1 aromatic rings. The van der Waals surface area contributed by atoms with Crippen LogP contribution in [0, 0.1) is 30.6 Å². The number of nitrogens with zero attached hydrogens (tertiary/aromatic N) is 1. The second kappa shape index (κ2) is 7.92. The van der Waals surface area contributed by atoms with Crippen molar-refractivity contribution < 1.29 is 14.3 Å². The number of ketones is 1. The number of nitriles is 1. The number of carbonyl (C=O) groups is 2. The summed E-state index contributed by atoms with van der Waals surface area (Å²) in [6, 6.07) is 8.33. The Balaban J connectivity index is 2.83. The fourth-order valence-electron chi connectivity index (χ4n) is 2.60. The van der Waals surface area contributed by atoms with Gasteiger partial charge >= 0.3 is 5.97 Å². The number of benzene rings is 1. The average molecular weight is 315 g/mol. The third-order valence-corrected chi connectivity index (χ3v) is 4.09. The number of hydrogen-bond donors (Lipinski definition) is 0. The quantitative estimate of drug-likeness (QED) is 0.566. The van der Waals surface area contributed by atoms with Gasteiger partial charge in [-0.3, -0.25) is 4.79 Å². The van der Waals surface area contributed by atoms with Crippen molar-refractivity contribution in [3.8, 4) is 6.07 Å². The van der Waals surface area contributed by atoms with Gasteiger partial charge in [0.25, 0.3) is 0 Å². The van der Waals surface area contributed by atoms with Gasteiger partial charge in [-0.1, -0.05) is 37.6 Å². The van der Waals surface area contributed by atoms with Crippen molar-refractivity contribution in [1.29, 1.82) is 5.26 Å². The fraction of sp³-hybridized carbons (Fsp3) is 0.526. The van der Waals surface area contributed by atoms with Crippen molar-refractivity contribution in [3.05, 3.63) is 34.9 Å². The highest BCUT2D eigenvalue weighted by atomic mass is 16.5. The summed E-state index contributed by atoms with van der Waals surface area (Å²) in [6.45, 7) is 9.31. The standard InChI is InChI=1S/C19H25NO3/c1-6-23-18(22)17(21)19(4,5)10-9-15(12-20)16-8-7-13(2)11-14(16)3/h7-8,11,15H,6,9-10H2,1-5H3. The predicted molar refractivity (Wildman–Crippen MR) is 88.9 cm³/mol. The molecule has 4 nitrogen and oxygen atoms in total. The van der Waals surface area contributed by atoms with Crippen LogP contribution in [0.4, 0.5) is 0 Å². The molecule has 0 saturated heterocycles. The summed E-state index contributed by atoms with van der Waals surface area (Å²) in [7, 11) is 0. The third-order valence-electron chi connectivity index (χ3n) is 4.09. The predicted octanol–water partition coefficient (Wildman–Crippen LogP) is 3.85. The van der Waals surface area contributed by atoms with Gasteiger partial charge < -0.3 is 4.74 Å². The minimum atomic E-state index is -0.833. The maximum Gasteiger partial charge on any atom is 0.375 e. The molecule has 0 bridgehead atoms. The molecule has 4 heteroatoms. The molecule has 0 radical (unpaired) electrons. The van der Waals surface area contributed by atoms with E-state index in [0.29, 0.717) is 12.8 Å². The van der Waals surface area contributed by atoms with Crippen molar-refractivity contribution >= 4 is 11.8 Å². The lowest BCUT2D eigenvalue weighted by atomic mass is 9.79. The Kier molecular flexibility index (Phi) is 6.50. The van der Waals surface area contributed by atoms with Gasteiger partial charge in [-0.15, -0.1) is 0 Å². The molecule has 0 aromatic heterocycles. The van der Waals surface area contributed by atoms with Gasteiger partial charge in [-0.05, 0) is 44.7 Å². The number of carbonyl (C=O) groups excluding carboxylic acids is 2. The molecule has 0 spiro atoms. The molecule has 1 unspecified atom stereocenters. The zero-order valence-corrected chi connectivity index (χ0v) is 14.6. The summed E-state index contributed by atoms with van der Waals surface area (Å²) < 4.78 is 4.79. The van der Waals surface area contributed by atoms with E-state index >= 15 is 0 Å². The van der Waals surface area contributed by atoms with E-state index in [1.54, 1.807) is 20.8 Å². The van der Waals surface area contributed by atoms with Crippen LogP contribution in [0.25, 0.3) is 0 Å². The number of esters is 1. The first-order chi connectivity index (χ1) is 10.7. The topological polar surface area (TPSA) is 67.2 Å². The SMILES string of the molecule is CCOC(=O)C(=O)C(C)(C)CCC(C#N)c1ccc(C)cc1C. The van der Waals surface area contributed by atoms with Crippen LogP contribution < -0.4 is 0 Å². The molecule has 1 rings (SSSR count). The van der Waals surface area contributed by atoms with Crippen LogP contribution in [0.3, 0.4) is 0 Å². The van der Waals surface area contributed by atoms with Crippen LogP contribution >= 0.6 is 0 Å². The molecule has 0 saturated carbocycles. The Morgan fingerprint density at radius 2 is 1.96 bits per heavy atom. The molecular weight excluding hydrogens is 290 g/mol. The van der Waals surface area contributed by atoms with Crippen molar-refractivity contribution in [1.82, 2.24) is 0 Å². The Morgan fingerprint density at radius 1 is 1.30 bits per heavy atom. The van der Waals surface area contributed by atoms with E-state index < -0.39 is 17.2 Å². The van der Waals surface area contributed by atoms with E-state index in [9.17, 15) is 14.9 Å². The minimum Gasteiger partial charge on any atom is -0.460 e. The van der Waals surface area contributed by atoms with Crippen LogP contribution in [0.5, 0.6) is 0 Å². The maximum atomic E-state index is 12.1. The van der Waals surface area contributed by atoms with E-state index in [1.165, 1.54) is 0 Å². The largest absolute Gasteiger partial charge is 0.460 e. The van der Waals surface area contributed by atoms with E-state index in [2.05, 4.69) is 12.1 Å². The number of ether oxygens (including phenoxy) is 1. The lowest BCUT2D eigenvalue weighted by molar-refractivity contribution is -0.157. The van der Waals surface area contributed by atoms with Crippen molar-refractivity contribution in [2.45, 2.75) is 53.4 Å².